The second kappa shape index (κ2) is 9.22. The highest BCUT2D eigenvalue weighted by atomic mass is 16.3. The van der Waals surface area contributed by atoms with Crippen molar-refractivity contribution in [1.29, 1.82) is 5.41 Å². The van der Waals surface area contributed by atoms with Crippen molar-refractivity contribution in [1.82, 2.24) is 4.57 Å². The molecule has 200 valence electrons. The zero-order valence-corrected chi connectivity index (χ0v) is 23.1. The van der Waals surface area contributed by atoms with Crippen LogP contribution in [0.3, 0.4) is 0 Å². The van der Waals surface area contributed by atoms with Gasteiger partial charge in [0.05, 0.1) is 5.71 Å². The summed E-state index contributed by atoms with van der Waals surface area (Å²) in [5, 5.41) is 13.0. The highest BCUT2D eigenvalue weighted by Gasteiger charge is 2.24. The van der Waals surface area contributed by atoms with E-state index in [0.29, 0.717) is 11.4 Å². The fourth-order valence-electron chi connectivity index (χ4n) is 6.40. The lowest BCUT2D eigenvalue weighted by atomic mass is 10.0. The van der Waals surface area contributed by atoms with Gasteiger partial charge in [-0.25, -0.2) is 0 Å². The lowest BCUT2D eigenvalue weighted by molar-refractivity contribution is 0.669. The summed E-state index contributed by atoms with van der Waals surface area (Å²) in [6.07, 6.45) is 0. The van der Waals surface area contributed by atoms with Gasteiger partial charge in [0.2, 0.25) is 0 Å². The average molecular weight is 542 g/mol. The smallest absolute Gasteiger partial charge is 0.135 e. The Morgan fingerprint density at radius 1 is 0.548 bits per heavy atom. The standard InChI is InChI=1S/C25H17NO.C13H10N2/c1-26-22-8-4-2-6-18(22)20-14-16(10-12-23(20)26)17-11-13-25-21(15-17)19-7-3-5-9-24(19)27-25;14-11-7-3-6-9-8-4-1-2-5-10(8)13(15)12(9)11/h2-15H,1H3;1-7,15H,14H2. The molecule has 0 bridgehead atoms. The summed E-state index contributed by atoms with van der Waals surface area (Å²) in [7, 11) is 2.13. The van der Waals surface area contributed by atoms with E-state index < -0.39 is 0 Å². The number of nitrogens with zero attached hydrogens (tertiary/aromatic N) is 1. The second-order valence-corrected chi connectivity index (χ2v) is 10.8. The van der Waals surface area contributed by atoms with Gasteiger partial charge in [-0.3, -0.25) is 5.41 Å². The number of para-hydroxylation sites is 2. The van der Waals surface area contributed by atoms with Gasteiger partial charge in [-0.15, -0.1) is 0 Å². The quantitative estimate of drug-likeness (QED) is 0.203. The minimum Gasteiger partial charge on any atom is -0.456 e. The van der Waals surface area contributed by atoms with Crippen LogP contribution in [0.4, 0.5) is 5.69 Å². The Balaban J connectivity index is 0.000000150. The molecule has 0 spiro atoms. The first-order chi connectivity index (χ1) is 20.6. The molecule has 4 heteroatoms. The number of hydrogen-bond acceptors (Lipinski definition) is 3. The Morgan fingerprint density at radius 2 is 1.17 bits per heavy atom. The number of hydrogen-bond donors (Lipinski definition) is 2. The number of nitrogens with one attached hydrogen (secondary N) is 1. The molecule has 6 aromatic carbocycles. The summed E-state index contributed by atoms with van der Waals surface area (Å²) in [5.74, 6) is 0. The fraction of sp³-hybridized carbons (Fsp3) is 0.0263. The van der Waals surface area contributed by atoms with Crippen molar-refractivity contribution in [2.24, 2.45) is 7.05 Å². The van der Waals surface area contributed by atoms with Crippen LogP contribution in [0.15, 0.2) is 132 Å². The zero-order chi connectivity index (χ0) is 28.4. The topological polar surface area (TPSA) is 67.9 Å². The zero-order valence-electron chi connectivity index (χ0n) is 23.1. The van der Waals surface area contributed by atoms with E-state index in [2.05, 4.69) is 84.4 Å². The van der Waals surface area contributed by atoms with Crippen molar-refractivity contribution in [2.75, 3.05) is 5.73 Å². The van der Waals surface area contributed by atoms with Gasteiger partial charge in [-0.1, -0.05) is 84.9 Å². The molecule has 0 unspecified atom stereocenters. The Morgan fingerprint density at radius 3 is 2.02 bits per heavy atom. The van der Waals surface area contributed by atoms with E-state index in [0.717, 1.165) is 33.4 Å². The number of benzene rings is 6. The predicted octanol–water partition coefficient (Wildman–Crippen LogP) is 9.56. The van der Waals surface area contributed by atoms with Crippen LogP contribution in [0.1, 0.15) is 11.1 Å². The number of aromatic nitrogens is 1. The Labute approximate surface area is 242 Å². The maximum Gasteiger partial charge on any atom is 0.135 e. The summed E-state index contributed by atoms with van der Waals surface area (Å²) in [6, 6.07) is 43.8. The highest BCUT2D eigenvalue weighted by Crippen LogP contribution is 2.39. The third kappa shape index (κ3) is 3.59. The first-order valence-electron chi connectivity index (χ1n) is 14.0. The van der Waals surface area contributed by atoms with Crippen LogP contribution in [0.2, 0.25) is 0 Å². The molecular weight excluding hydrogens is 514 g/mol. The molecule has 0 atom stereocenters. The van der Waals surface area contributed by atoms with Crippen molar-refractivity contribution in [3.63, 3.8) is 0 Å². The molecular formula is C38H27N3O. The highest BCUT2D eigenvalue weighted by molar-refractivity contribution is 6.25. The molecule has 2 aromatic heterocycles. The molecule has 0 saturated heterocycles. The Kier molecular flexibility index (Phi) is 5.31. The van der Waals surface area contributed by atoms with E-state index in [1.54, 1.807) is 0 Å². The van der Waals surface area contributed by atoms with Crippen LogP contribution >= 0.6 is 0 Å². The summed E-state index contributed by atoms with van der Waals surface area (Å²) in [4.78, 5) is 0. The van der Waals surface area contributed by atoms with Gasteiger partial charge >= 0.3 is 0 Å². The summed E-state index contributed by atoms with van der Waals surface area (Å²) in [5.41, 5.74) is 18.0. The average Bonchev–Trinajstić information content (AvgIpc) is 3.66. The predicted molar refractivity (Wildman–Crippen MR) is 175 cm³/mol. The van der Waals surface area contributed by atoms with E-state index >= 15 is 0 Å². The second-order valence-electron chi connectivity index (χ2n) is 10.8. The molecule has 8 aromatic rings. The summed E-state index contributed by atoms with van der Waals surface area (Å²) < 4.78 is 8.24. The van der Waals surface area contributed by atoms with Gasteiger partial charge in [0.1, 0.15) is 11.2 Å². The van der Waals surface area contributed by atoms with Crippen LogP contribution in [-0.4, -0.2) is 10.3 Å². The van der Waals surface area contributed by atoms with Crippen LogP contribution in [0.25, 0.3) is 66.0 Å². The number of fused-ring (bicyclic) bond motifs is 9. The number of nitrogen functional groups attached to an aromatic ring is 1. The minimum absolute atomic E-state index is 0.540. The summed E-state index contributed by atoms with van der Waals surface area (Å²) in [6.45, 7) is 0. The maximum absolute atomic E-state index is 8.07. The maximum atomic E-state index is 8.07. The van der Waals surface area contributed by atoms with E-state index in [1.807, 2.05) is 54.6 Å². The number of nitrogens with two attached hydrogens (primary N) is 1. The van der Waals surface area contributed by atoms with Crippen molar-refractivity contribution in [3.8, 4) is 22.3 Å². The molecule has 0 fully saturated rings. The third-order valence-corrected chi connectivity index (χ3v) is 8.46. The van der Waals surface area contributed by atoms with Gasteiger partial charge in [0.15, 0.2) is 0 Å². The van der Waals surface area contributed by atoms with Gasteiger partial charge in [-0.05, 0) is 64.7 Å². The molecule has 1 aliphatic rings. The first-order valence-corrected chi connectivity index (χ1v) is 14.0. The van der Waals surface area contributed by atoms with Gasteiger partial charge in [-0.2, -0.15) is 0 Å². The normalized spacial score (nSPS) is 12.1. The van der Waals surface area contributed by atoms with Crippen molar-refractivity contribution < 1.29 is 4.42 Å². The van der Waals surface area contributed by atoms with E-state index in [1.165, 1.54) is 43.7 Å². The monoisotopic (exact) mass is 541 g/mol. The largest absolute Gasteiger partial charge is 0.456 e. The first kappa shape index (κ1) is 24.2. The molecule has 0 saturated carbocycles. The number of aryl methyl sites for hydroxylation is 1. The number of furan rings is 1. The molecule has 0 aliphatic heterocycles. The molecule has 0 amide bonds. The van der Waals surface area contributed by atoms with Crippen molar-refractivity contribution in [3.05, 3.63) is 139 Å². The van der Waals surface area contributed by atoms with Crippen LogP contribution < -0.4 is 5.73 Å². The van der Waals surface area contributed by atoms with Crippen molar-refractivity contribution in [2.45, 2.75) is 0 Å². The van der Waals surface area contributed by atoms with E-state index in [-0.39, 0.29) is 0 Å². The number of anilines is 1. The lowest BCUT2D eigenvalue weighted by Gasteiger charge is -2.04. The molecule has 0 radical (unpaired) electrons. The lowest BCUT2D eigenvalue weighted by Crippen LogP contribution is -2.00. The Hall–Kier alpha value is -5.61. The number of rotatable bonds is 1. The molecule has 42 heavy (non-hydrogen) atoms. The molecule has 3 N–H and O–H groups in total. The molecule has 9 rings (SSSR count). The SMILES string of the molecule is Cn1c2ccccc2c2cc(-c3ccc4oc5ccccc5c4c3)ccc21.N=C1c2ccccc2-c2cccc(N)c21. The minimum atomic E-state index is 0.540. The van der Waals surface area contributed by atoms with Gasteiger partial charge < -0.3 is 14.7 Å². The van der Waals surface area contributed by atoms with Crippen LogP contribution in [0, 0.1) is 5.41 Å². The van der Waals surface area contributed by atoms with Crippen molar-refractivity contribution >= 4 is 55.1 Å². The molecule has 1 aliphatic carbocycles. The van der Waals surface area contributed by atoms with Gasteiger partial charge in [0, 0.05) is 56.4 Å². The fourth-order valence-corrected chi connectivity index (χ4v) is 6.40. The van der Waals surface area contributed by atoms with Crippen LogP contribution in [-0.2, 0) is 7.05 Å². The van der Waals surface area contributed by atoms with Gasteiger partial charge in [0.25, 0.3) is 0 Å². The molecule has 2 heterocycles. The van der Waals surface area contributed by atoms with E-state index in [4.69, 9.17) is 15.6 Å². The Bertz CT molecular complexity index is 2350. The third-order valence-electron chi connectivity index (χ3n) is 8.46. The van der Waals surface area contributed by atoms with E-state index in [9.17, 15) is 0 Å². The van der Waals surface area contributed by atoms with Crippen LogP contribution in [0.5, 0.6) is 0 Å². The summed E-state index contributed by atoms with van der Waals surface area (Å²) >= 11 is 0. The molecule has 4 nitrogen and oxygen atoms in total.